The van der Waals surface area contributed by atoms with Crippen LogP contribution in [0, 0.1) is 5.92 Å². The standard InChI is InChI=1S/C20H30N2O2/c1-20(23-12-13-24-20)18-8-5-10-22(15-18)19-9-11-21(16-19)14-17-6-3-2-4-7-17/h2-4,6-7,18-19H,5,8-16H2,1H3/t18-,19-/m0/s1. The summed E-state index contributed by atoms with van der Waals surface area (Å²) in [6.45, 7) is 9.49. The quantitative estimate of drug-likeness (QED) is 0.847. The monoisotopic (exact) mass is 330 g/mol. The van der Waals surface area contributed by atoms with Gasteiger partial charge in [0, 0.05) is 38.1 Å². The van der Waals surface area contributed by atoms with Crippen LogP contribution in [0.15, 0.2) is 30.3 Å². The molecule has 132 valence electrons. The predicted molar refractivity (Wildman–Crippen MR) is 94.7 cm³/mol. The summed E-state index contributed by atoms with van der Waals surface area (Å²) >= 11 is 0. The molecule has 3 aliphatic heterocycles. The van der Waals surface area contributed by atoms with E-state index < -0.39 is 0 Å². The first-order valence-corrected chi connectivity index (χ1v) is 9.51. The summed E-state index contributed by atoms with van der Waals surface area (Å²) in [5.74, 6) is 0.165. The first-order chi connectivity index (χ1) is 11.7. The minimum absolute atomic E-state index is 0.346. The van der Waals surface area contributed by atoms with E-state index in [1.165, 1.54) is 44.5 Å². The van der Waals surface area contributed by atoms with E-state index in [-0.39, 0.29) is 5.79 Å². The highest BCUT2D eigenvalue weighted by molar-refractivity contribution is 5.14. The Hall–Kier alpha value is -0.940. The van der Waals surface area contributed by atoms with Crippen molar-refractivity contribution in [3.8, 4) is 0 Å². The Balaban J connectivity index is 1.33. The van der Waals surface area contributed by atoms with Crippen LogP contribution in [-0.2, 0) is 16.0 Å². The molecule has 0 aliphatic carbocycles. The highest BCUT2D eigenvalue weighted by Gasteiger charge is 2.43. The average molecular weight is 330 g/mol. The van der Waals surface area contributed by atoms with Crippen LogP contribution >= 0.6 is 0 Å². The topological polar surface area (TPSA) is 24.9 Å². The molecular weight excluding hydrogens is 300 g/mol. The first kappa shape index (κ1) is 16.5. The molecule has 0 aromatic heterocycles. The van der Waals surface area contributed by atoms with Crippen molar-refractivity contribution in [3.05, 3.63) is 35.9 Å². The van der Waals surface area contributed by atoms with Crippen molar-refractivity contribution in [2.45, 2.75) is 44.6 Å². The number of benzene rings is 1. The number of hydrogen-bond acceptors (Lipinski definition) is 4. The molecule has 1 aromatic rings. The molecule has 1 aromatic carbocycles. The number of nitrogens with zero attached hydrogens (tertiary/aromatic N) is 2. The van der Waals surface area contributed by atoms with Crippen LogP contribution in [0.5, 0.6) is 0 Å². The molecule has 3 heterocycles. The van der Waals surface area contributed by atoms with Crippen LogP contribution in [0.2, 0.25) is 0 Å². The van der Waals surface area contributed by atoms with Gasteiger partial charge in [-0.05, 0) is 38.3 Å². The maximum atomic E-state index is 5.93. The number of hydrogen-bond donors (Lipinski definition) is 0. The van der Waals surface area contributed by atoms with Crippen LogP contribution < -0.4 is 0 Å². The van der Waals surface area contributed by atoms with Gasteiger partial charge in [-0.1, -0.05) is 30.3 Å². The third kappa shape index (κ3) is 3.52. The lowest BCUT2D eigenvalue weighted by Crippen LogP contribution is -2.50. The molecule has 0 N–H and O–H groups in total. The summed E-state index contributed by atoms with van der Waals surface area (Å²) in [6.07, 6.45) is 3.79. The van der Waals surface area contributed by atoms with Crippen LogP contribution in [0.1, 0.15) is 31.7 Å². The Bertz CT molecular complexity index is 530. The second-order valence-corrected chi connectivity index (χ2v) is 7.71. The van der Waals surface area contributed by atoms with E-state index >= 15 is 0 Å². The smallest absolute Gasteiger partial charge is 0.169 e. The lowest BCUT2D eigenvalue weighted by molar-refractivity contribution is -0.193. The molecule has 0 bridgehead atoms. The highest BCUT2D eigenvalue weighted by atomic mass is 16.7. The van der Waals surface area contributed by atoms with Crippen molar-refractivity contribution < 1.29 is 9.47 Å². The van der Waals surface area contributed by atoms with Crippen LogP contribution in [0.4, 0.5) is 0 Å². The van der Waals surface area contributed by atoms with Gasteiger partial charge in [-0.2, -0.15) is 0 Å². The van der Waals surface area contributed by atoms with Gasteiger partial charge in [0.05, 0.1) is 13.2 Å². The molecule has 2 atom stereocenters. The summed E-state index contributed by atoms with van der Waals surface area (Å²) < 4.78 is 11.9. The Morgan fingerprint density at radius 1 is 1.04 bits per heavy atom. The van der Waals surface area contributed by atoms with Gasteiger partial charge in [0.1, 0.15) is 0 Å². The minimum atomic E-state index is -0.346. The Morgan fingerprint density at radius 2 is 1.83 bits per heavy atom. The lowest BCUT2D eigenvalue weighted by Gasteiger charge is -2.42. The summed E-state index contributed by atoms with van der Waals surface area (Å²) in [6, 6.07) is 11.5. The fourth-order valence-electron chi connectivity index (χ4n) is 4.63. The van der Waals surface area contributed by atoms with Gasteiger partial charge < -0.3 is 9.47 Å². The summed E-state index contributed by atoms with van der Waals surface area (Å²) in [5, 5.41) is 0. The van der Waals surface area contributed by atoms with E-state index in [4.69, 9.17) is 9.47 Å². The van der Waals surface area contributed by atoms with Crippen molar-refractivity contribution in [2.24, 2.45) is 5.92 Å². The lowest BCUT2D eigenvalue weighted by atomic mass is 9.89. The Morgan fingerprint density at radius 3 is 2.62 bits per heavy atom. The van der Waals surface area contributed by atoms with Gasteiger partial charge in [0.15, 0.2) is 5.79 Å². The van der Waals surface area contributed by atoms with Gasteiger partial charge in [-0.3, -0.25) is 9.80 Å². The summed E-state index contributed by atoms with van der Waals surface area (Å²) in [7, 11) is 0. The predicted octanol–water partition coefficient (Wildman–Crippen LogP) is 2.74. The van der Waals surface area contributed by atoms with Gasteiger partial charge in [0.25, 0.3) is 0 Å². The second-order valence-electron chi connectivity index (χ2n) is 7.71. The van der Waals surface area contributed by atoms with E-state index in [1.807, 2.05) is 0 Å². The molecule has 3 saturated heterocycles. The van der Waals surface area contributed by atoms with E-state index in [2.05, 4.69) is 47.1 Å². The van der Waals surface area contributed by atoms with E-state index in [0.717, 1.165) is 26.3 Å². The van der Waals surface area contributed by atoms with Crippen LogP contribution in [-0.4, -0.2) is 61.0 Å². The molecule has 4 nitrogen and oxygen atoms in total. The van der Waals surface area contributed by atoms with Gasteiger partial charge in [-0.15, -0.1) is 0 Å². The maximum Gasteiger partial charge on any atom is 0.169 e. The average Bonchev–Trinajstić information content (AvgIpc) is 3.26. The van der Waals surface area contributed by atoms with E-state index in [0.29, 0.717) is 12.0 Å². The summed E-state index contributed by atoms with van der Waals surface area (Å²) in [5.41, 5.74) is 1.43. The molecule has 0 saturated carbocycles. The maximum absolute atomic E-state index is 5.93. The van der Waals surface area contributed by atoms with Crippen molar-refractivity contribution in [2.75, 3.05) is 39.4 Å². The van der Waals surface area contributed by atoms with Crippen LogP contribution in [0.3, 0.4) is 0 Å². The van der Waals surface area contributed by atoms with Crippen molar-refractivity contribution in [3.63, 3.8) is 0 Å². The summed E-state index contributed by atoms with van der Waals surface area (Å²) in [4.78, 5) is 5.31. The molecule has 24 heavy (non-hydrogen) atoms. The second kappa shape index (κ2) is 7.12. The number of piperidine rings is 1. The molecule has 0 amide bonds. The zero-order chi connectivity index (χ0) is 16.4. The molecule has 0 spiro atoms. The molecule has 4 rings (SSSR count). The Kier molecular flexibility index (Phi) is 4.90. The number of ether oxygens (including phenoxy) is 2. The minimum Gasteiger partial charge on any atom is -0.347 e. The van der Waals surface area contributed by atoms with Crippen molar-refractivity contribution in [1.82, 2.24) is 9.80 Å². The first-order valence-electron chi connectivity index (χ1n) is 9.51. The van der Waals surface area contributed by atoms with Gasteiger partial charge in [-0.25, -0.2) is 0 Å². The van der Waals surface area contributed by atoms with E-state index in [1.54, 1.807) is 0 Å². The molecule has 0 radical (unpaired) electrons. The molecule has 4 heteroatoms. The largest absolute Gasteiger partial charge is 0.347 e. The third-order valence-electron chi connectivity index (χ3n) is 6.07. The van der Waals surface area contributed by atoms with Crippen LogP contribution in [0.25, 0.3) is 0 Å². The third-order valence-corrected chi connectivity index (χ3v) is 6.07. The molecule has 0 unspecified atom stereocenters. The van der Waals surface area contributed by atoms with Gasteiger partial charge >= 0.3 is 0 Å². The number of rotatable bonds is 4. The van der Waals surface area contributed by atoms with Gasteiger partial charge in [0.2, 0.25) is 0 Å². The fraction of sp³-hybridized carbons (Fsp3) is 0.700. The zero-order valence-corrected chi connectivity index (χ0v) is 14.8. The SMILES string of the molecule is CC1([C@H]2CCCN([C@H]3CCN(Cc4ccccc4)C3)C2)OCCO1. The highest BCUT2D eigenvalue weighted by Crippen LogP contribution is 2.35. The van der Waals surface area contributed by atoms with Crippen molar-refractivity contribution >= 4 is 0 Å². The molecule has 3 fully saturated rings. The van der Waals surface area contributed by atoms with Crippen molar-refractivity contribution in [1.29, 1.82) is 0 Å². The number of likely N-dealkylation sites (tertiary alicyclic amines) is 2. The zero-order valence-electron chi connectivity index (χ0n) is 14.8. The normalized spacial score (nSPS) is 31.5. The molecule has 3 aliphatic rings. The van der Waals surface area contributed by atoms with E-state index in [9.17, 15) is 0 Å². The molecular formula is C20H30N2O2. The fourth-order valence-corrected chi connectivity index (χ4v) is 4.63. The Labute approximate surface area is 145 Å².